The molecule has 134 valence electrons. The van der Waals surface area contributed by atoms with E-state index in [0.29, 0.717) is 22.6 Å². The lowest BCUT2D eigenvalue weighted by Crippen LogP contribution is -2.29. The second kappa shape index (κ2) is 6.45. The topological polar surface area (TPSA) is 94.2 Å². The molecule has 0 aliphatic rings. The molecule has 1 amide bonds. The summed E-state index contributed by atoms with van der Waals surface area (Å²) < 4.78 is 15.8. The summed E-state index contributed by atoms with van der Waals surface area (Å²) in [4.78, 5) is 25.7. The number of amides is 1. The number of aromatic nitrogens is 5. The maximum Gasteiger partial charge on any atom is 0.268 e. The summed E-state index contributed by atoms with van der Waals surface area (Å²) in [5, 5.41) is 13.8. The van der Waals surface area contributed by atoms with E-state index in [4.69, 9.17) is 0 Å². The summed E-state index contributed by atoms with van der Waals surface area (Å²) >= 11 is 0. The second-order valence-corrected chi connectivity index (χ2v) is 5.85. The molecular formula is C18H13FN6O2. The fourth-order valence-electron chi connectivity index (χ4n) is 2.76. The first-order valence-electron chi connectivity index (χ1n) is 8.01. The number of carbonyl (C=O) groups is 1. The van der Waals surface area contributed by atoms with E-state index in [2.05, 4.69) is 20.8 Å². The minimum absolute atomic E-state index is 0.0173. The molecule has 9 heteroatoms. The first-order valence-corrected chi connectivity index (χ1v) is 8.01. The summed E-state index contributed by atoms with van der Waals surface area (Å²) in [6, 6.07) is 10.4. The minimum atomic E-state index is -0.579. The van der Waals surface area contributed by atoms with Crippen molar-refractivity contribution in [1.82, 2.24) is 24.6 Å². The van der Waals surface area contributed by atoms with Gasteiger partial charge in [0, 0.05) is 18.1 Å². The Morgan fingerprint density at radius 2 is 1.89 bits per heavy atom. The smallest absolute Gasteiger partial charge is 0.268 e. The third kappa shape index (κ3) is 2.95. The van der Waals surface area contributed by atoms with Gasteiger partial charge >= 0.3 is 0 Å². The van der Waals surface area contributed by atoms with Crippen molar-refractivity contribution in [2.75, 3.05) is 5.32 Å². The average Bonchev–Trinajstić information content (AvgIpc) is 3.13. The van der Waals surface area contributed by atoms with Crippen molar-refractivity contribution in [3.63, 3.8) is 0 Å². The van der Waals surface area contributed by atoms with E-state index in [9.17, 15) is 14.0 Å². The number of rotatable bonds is 3. The van der Waals surface area contributed by atoms with Gasteiger partial charge in [-0.2, -0.15) is 4.52 Å². The minimum Gasteiger partial charge on any atom is -0.319 e. The molecule has 8 nitrogen and oxygen atoms in total. The van der Waals surface area contributed by atoms with E-state index >= 15 is 0 Å². The van der Waals surface area contributed by atoms with Gasteiger partial charge < -0.3 is 5.32 Å². The van der Waals surface area contributed by atoms with Crippen LogP contribution in [0.25, 0.3) is 11.3 Å². The monoisotopic (exact) mass is 364 g/mol. The first kappa shape index (κ1) is 16.6. The van der Waals surface area contributed by atoms with Gasteiger partial charge in [0.15, 0.2) is 0 Å². The predicted octanol–water partition coefficient (Wildman–Crippen LogP) is 1.98. The van der Waals surface area contributed by atoms with Gasteiger partial charge in [0.1, 0.15) is 11.4 Å². The Labute approximate surface area is 151 Å². The molecule has 4 aromatic rings. The quantitative estimate of drug-likeness (QED) is 0.600. The van der Waals surface area contributed by atoms with Crippen LogP contribution in [-0.2, 0) is 0 Å². The van der Waals surface area contributed by atoms with Gasteiger partial charge in [-0.1, -0.05) is 0 Å². The highest BCUT2D eigenvalue weighted by molar-refractivity contribution is 6.06. The number of halogens is 1. The Balaban J connectivity index is 1.76. The maximum absolute atomic E-state index is 13.1. The zero-order valence-electron chi connectivity index (χ0n) is 14.1. The van der Waals surface area contributed by atoms with Crippen LogP contribution in [0.4, 0.5) is 10.1 Å². The van der Waals surface area contributed by atoms with Crippen LogP contribution in [0.3, 0.4) is 0 Å². The number of hydrogen-bond donors (Lipinski definition) is 1. The van der Waals surface area contributed by atoms with Crippen LogP contribution < -0.4 is 10.9 Å². The van der Waals surface area contributed by atoms with Crippen molar-refractivity contribution >= 4 is 17.2 Å². The number of carbonyl (C=O) groups excluding carboxylic acids is 1. The Morgan fingerprint density at radius 3 is 2.67 bits per heavy atom. The van der Waals surface area contributed by atoms with Crippen LogP contribution in [0.15, 0.2) is 59.7 Å². The normalized spacial score (nSPS) is 10.9. The van der Waals surface area contributed by atoms with Crippen molar-refractivity contribution in [2.45, 2.75) is 6.92 Å². The van der Waals surface area contributed by atoms with Crippen molar-refractivity contribution in [3.8, 4) is 5.69 Å². The average molecular weight is 364 g/mol. The Kier molecular flexibility index (Phi) is 3.96. The predicted molar refractivity (Wildman–Crippen MR) is 95.5 cm³/mol. The summed E-state index contributed by atoms with van der Waals surface area (Å²) in [5.41, 5.74) is 1.19. The molecule has 0 saturated heterocycles. The van der Waals surface area contributed by atoms with Crippen LogP contribution in [-0.4, -0.2) is 30.5 Å². The van der Waals surface area contributed by atoms with E-state index < -0.39 is 17.3 Å². The molecule has 0 aliphatic carbocycles. The van der Waals surface area contributed by atoms with Gasteiger partial charge in [-0.15, -0.1) is 5.10 Å². The Hall–Kier alpha value is -3.88. The summed E-state index contributed by atoms with van der Waals surface area (Å²) in [6.45, 7) is 1.67. The lowest BCUT2D eigenvalue weighted by molar-refractivity contribution is 0.102. The molecule has 0 unspecified atom stereocenters. The third-order valence-electron chi connectivity index (χ3n) is 4.10. The Morgan fingerprint density at radius 1 is 1.11 bits per heavy atom. The number of fused-ring (bicyclic) bond motifs is 1. The van der Waals surface area contributed by atoms with Crippen LogP contribution in [0.1, 0.15) is 15.9 Å². The number of benzene rings is 1. The molecule has 0 aliphatic heterocycles. The van der Waals surface area contributed by atoms with Gasteiger partial charge in [0.05, 0.1) is 5.69 Å². The molecule has 0 bridgehead atoms. The number of nitrogens with one attached hydrogen (secondary N) is 1. The van der Waals surface area contributed by atoms with Gasteiger partial charge in [-0.05, 0) is 65.4 Å². The van der Waals surface area contributed by atoms with Crippen molar-refractivity contribution in [2.24, 2.45) is 0 Å². The van der Waals surface area contributed by atoms with Gasteiger partial charge in [-0.25, -0.2) is 4.39 Å². The molecule has 4 rings (SSSR count). The summed E-state index contributed by atoms with van der Waals surface area (Å²) in [6.07, 6.45) is 3.19. The summed E-state index contributed by atoms with van der Waals surface area (Å²) in [7, 11) is 0. The number of aryl methyl sites for hydroxylation is 1. The molecule has 0 radical (unpaired) electrons. The van der Waals surface area contributed by atoms with Crippen molar-refractivity contribution in [3.05, 3.63) is 82.2 Å². The number of pyridine rings is 2. The highest BCUT2D eigenvalue weighted by Crippen LogP contribution is 2.15. The number of tetrazole rings is 1. The molecule has 0 atom stereocenters. The molecule has 0 saturated carbocycles. The Bertz CT molecular complexity index is 1210. The van der Waals surface area contributed by atoms with Crippen LogP contribution in [0.5, 0.6) is 0 Å². The number of hydrogen-bond acceptors (Lipinski definition) is 5. The SMILES string of the molecule is Cc1ccn(-c2ccc(F)cc2)c(=O)c1C(=O)Nc1cccn2nnnc12. The van der Waals surface area contributed by atoms with E-state index in [0.717, 1.165) is 0 Å². The lowest BCUT2D eigenvalue weighted by Gasteiger charge is -2.11. The molecule has 3 heterocycles. The van der Waals surface area contributed by atoms with E-state index in [-0.39, 0.29) is 5.56 Å². The zero-order chi connectivity index (χ0) is 19.0. The summed E-state index contributed by atoms with van der Waals surface area (Å²) in [5.74, 6) is -0.989. The van der Waals surface area contributed by atoms with Gasteiger partial charge in [0.2, 0.25) is 5.65 Å². The number of nitrogens with zero attached hydrogens (tertiary/aromatic N) is 5. The molecule has 1 N–H and O–H groups in total. The van der Waals surface area contributed by atoms with Crippen molar-refractivity contribution < 1.29 is 9.18 Å². The van der Waals surface area contributed by atoms with E-state index in [1.807, 2.05) is 0 Å². The third-order valence-corrected chi connectivity index (χ3v) is 4.10. The molecule has 0 fully saturated rings. The fraction of sp³-hybridized carbons (Fsp3) is 0.0556. The standard InChI is InChI=1S/C18H13FN6O2/c1-11-8-10-24(13-6-4-12(19)5-7-13)18(27)15(11)17(26)20-14-3-2-9-25-16(14)21-22-23-25/h2-10H,1H3,(H,20,26). The van der Waals surface area contributed by atoms with Crippen LogP contribution in [0, 0.1) is 12.7 Å². The fourth-order valence-corrected chi connectivity index (χ4v) is 2.76. The molecule has 27 heavy (non-hydrogen) atoms. The largest absolute Gasteiger partial charge is 0.319 e. The lowest BCUT2D eigenvalue weighted by atomic mass is 10.1. The second-order valence-electron chi connectivity index (χ2n) is 5.85. The van der Waals surface area contributed by atoms with Crippen molar-refractivity contribution in [1.29, 1.82) is 0 Å². The molecular weight excluding hydrogens is 351 g/mol. The molecule has 3 aromatic heterocycles. The van der Waals surface area contributed by atoms with Gasteiger partial charge in [-0.3, -0.25) is 14.2 Å². The van der Waals surface area contributed by atoms with E-state index in [1.165, 1.54) is 33.3 Å². The first-order chi connectivity index (χ1) is 13.0. The highest BCUT2D eigenvalue weighted by atomic mass is 19.1. The number of anilines is 1. The van der Waals surface area contributed by atoms with Crippen LogP contribution >= 0.6 is 0 Å². The maximum atomic E-state index is 13.1. The zero-order valence-corrected chi connectivity index (χ0v) is 14.1. The van der Waals surface area contributed by atoms with Crippen LogP contribution in [0.2, 0.25) is 0 Å². The molecule has 0 spiro atoms. The van der Waals surface area contributed by atoms with E-state index in [1.54, 1.807) is 37.5 Å². The highest BCUT2D eigenvalue weighted by Gasteiger charge is 2.18. The molecule has 1 aromatic carbocycles. The van der Waals surface area contributed by atoms with Gasteiger partial charge in [0.25, 0.3) is 11.5 Å².